The summed E-state index contributed by atoms with van der Waals surface area (Å²) in [4.78, 5) is 0. The Hall–Kier alpha value is -0.623. The van der Waals surface area contributed by atoms with E-state index in [-0.39, 0.29) is 6.10 Å². The van der Waals surface area contributed by atoms with Crippen LogP contribution in [0.5, 0.6) is 0 Å². The fraction of sp³-hybridized carbons (Fsp3) is 0.600. The molecular weight excluding hydrogens is 210 g/mol. The van der Waals surface area contributed by atoms with E-state index in [2.05, 4.69) is 0 Å². The lowest BCUT2D eigenvalue weighted by molar-refractivity contribution is -0.315. The highest BCUT2D eigenvalue weighted by Gasteiger charge is 2.40. The third kappa shape index (κ3) is 2.15. The number of hydrogen-bond donors (Lipinski definition) is 0. The summed E-state index contributed by atoms with van der Waals surface area (Å²) in [6, 6.07) is 4.82. The van der Waals surface area contributed by atoms with Gasteiger partial charge in [0.1, 0.15) is 6.10 Å². The fourth-order valence-corrected chi connectivity index (χ4v) is 2.69. The zero-order valence-corrected chi connectivity index (χ0v) is 11.8. The van der Waals surface area contributed by atoms with Crippen molar-refractivity contribution in [2.24, 2.45) is 0 Å². The summed E-state index contributed by atoms with van der Waals surface area (Å²) in [5.41, 5.74) is 0. The Kier molecular flexibility index (Phi) is 4.53. The van der Waals surface area contributed by atoms with Crippen molar-refractivity contribution in [2.45, 2.75) is 18.1 Å². The highest BCUT2D eigenvalue weighted by Crippen LogP contribution is 2.27. The van der Waals surface area contributed by atoms with Gasteiger partial charge in [0, 0.05) is 44.0 Å². The Morgan fingerprint density at radius 1 is 1.20 bits per heavy atom. The predicted molar refractivity (Wildman–Crippen MR) is 62.0 cm³/mol. The van der Waals surface area contributed by atoms with Gasteiger partial charge in [-0.2, -0.15) is 0 Å². The Morgan fingerprint density at radius 3 is 2.07 bits per heavy atom. The summed E-state index contributed by atoms with van der Waals surface area (Å²) in [7, 11) is 5.98. The number of ether oxygens (including phenoxy) is 3. The van der Waals surface area contributed by atoms with Crippen LogP contribution < -0.4 is 0 Å². The molecule has 1 unspecified atom stereocenters. The molecule has 0 saturated heterocycles. The van der Waals surface area contributed by atoms with Crippen molar-refractivity contribution in [3.8, 4) is 0 Å². The summed E-state index contributed by atoms with van der Waals surface area (Å²) in [6.45, 7) is 0. The number of hydrogen-bond acceptors (Lipinski definition) is 3. The molecule has 1 rings (SSSR count). The van der Waals surface area contributed by atoms with Crippen molar-refractivity contribution in [1.82, 2.24) is 4.57 Å². The first-order valence-corrected chi connectivity index (χ1v) is 6.43. The van der Waals surface area contributed by atoms with Gasteiger partial charge in [-0.1, -0.05) is 0 Å². The molecule has 4 nitrogen and oxygen atoms in total. The van der Waals surface area contributed by atoms with Gasteiger partial charge >= 0.3 is 0 Å². The molecule has 0 aliphatic rings. The molecule has 5 heteroatoms. The first kappa shape index (κ1) is 12.4. The molecule has 1 aromatic rings. The molecule has 0 fully saturated rings. The van der Waals surface area contributed by atoms with E-state index >= 15 is 0 Å². The minimum absolute atomic E-state index is 0.0911. The maximum absolute atomic E-state index is 5.51. The summed E-state index contributed by atoms with van der Waals surface area (Å²) < 4.78 is 18.3. The second kappa shape index (κ2) is 5.46. The van der Waals surface area contributed by atoms with Gasteiger partial charge in [-0.25, -0.2) is 0 Å². The topological polar surface area (TPSA) is 32.6 Å². The predicted octanol–water partition coefficient (Wildman–Crippen LogP) is 0.190. The molecule has 0 aliphatic carbocycles. The Labute approximate surface area is 93.6 Å². The smallest absolute Gasteiger partial charge is 0.282 e. The standard InChI is InChI=1S/C10H19NO3Si/c1-12-9(8-15)10(13-2,14-3)11-6-4-5-7-11/h4-7,9H,8H2,1-3,15H3. The molecule has 0 bridgehead atoms. The average molecular weight is 229 g/mol. The molecular formula is C10H19NO3Si. The number of rotatable bonds is 6. The Bertz CT molecular complexity index is 268. The first-order valence-electron chi connectivity index (χ1n) is 5.01. The van der Waals surface area contributed by atoms with E-state index in [9.17, 15) is 0 Å². The molecule has 86 valence electrons. The Morgan fingerprint density at radius 2 is 1.73 bits per heavy atom. The van der Waals surface area contributed by atoms with Gasteiger partial charge < -0.3 is 18.8 Å². The van der Waals surface area contributed by atoms with Crippen LogP contribution in [0, 0.1) is 0 Å². The first-order chi connectivity index (χ1) is 7.25. The third-order valence-corrected chi connectivity index (χ3v) is 3.35. The van der Waals surface area contributed by atoms with Crippen LogP contribution in [0.25, 0.3) is 0 Å². The maximum Gasteiger partial charge on any atom is 0.282 e. The van der Waals surface area contributed by atoms with Crippen LogP contribution in [0.4, 0.5) is 0 Å². The van der Waals surface area contributed by atoms with Crippen molar-refractivity contribution < 1.29 is 14.2 Å². The monoisotopic (exact) mass is 229 g/mol. The van der Waals surface area contributed by atoms with Gasteiger partial charge in [-0.3, -0.25) is 0 Å². The summed E-state index contributed by atoms with van der Waals surface area (Å²) in [6.07, 6.45) is 3.73. The second-order valence-electron chi connectivity index (χ2n) is 3.26. The van der Waals surface area contributed by atoms with Crippen LogP contribution in [0.2, 0.25) is 6.04 Å². The quantitative estimate of drug-likeness (QED) is 0.516. The van der Waals surface area contributed by atoms with Crippen molar-refractivity contribution in [3.05, 3.63) is 24.5 Å². The average Bonchev–Trinajstić information content (AvgIpc) is 2.80. The Balaban J connectivity index is 3.06. The number of nitrogens with zero attached hydrogens (tertiary/aromatic N) is 1. The molecule has 0 amide bonds. The van der Waals surface area contributed by atoms with Crippen molar-refractivity contribution in [2.75, 3.05) is 21.3 Å². The molecule has 1 aromatic heterocycles. The van der Waals surface area contributed by atoms with Crippen molar-refractivity contribution in [3.63, 3.8) is 0 Å². The van der Waals surface area contributed by atoms with E-state index in [0.29, 0.717) is 0 Å². The molecule has 0 spiro atoms. The lowest BCUT2D eigenvalue weighted by atomic mass is 10.3. The van der Waals surface area contributed by atoms with Crippen LogP contribution in [0.3, 0.4) is 0 Å². The zero-order chi connectivity index (χ0) is 11.3. The molecule has 15 heavy (non-hydrogen) atoms. The van der Waals surface area contributed by atoms with Crippen LogP contribution in [-0.4, -0.2) is 42.2 Å². The highest BCUT2D eigenvalue weighted by molar-refractivity contribution is 6.08. The van der Waals surface area contributed by atoms with E-state index in [1.165, 1.54) is 0 Å². The van der Waals surface area contributed by atoms with Gasteiger partial charge in [0.2, 0.25) is 0 Å². The van der Waals surface area contributed by atoms with Gasteiger partial charge in [-0.05, 0) is 18.2 Å². The molecule has 0 aliphatic heterocycles. The third-order valence-electron chi connectivity index (χ3n) is 2.61. The van der Waals surface area contributed by atoms with Gasteiger partial charge in [0.05, 0.1) is 0 Å². The zero-order valence-electron chi connectivity index (χ0n) is 9.77. The minimum Gasteiger partial charge on any atom is -0.374 e. The van der Waals surface area contributed by atoms with E-state index in [1.54, 1.807) is 21.3 Å². The van der Waals surface area contributed by atoms with E-state index in [1.807, 2.05) is 29.1 Å². The SMILES string of the molecule is COC(C[SiH3])C(OC)(OC)n1cccc1. The molecule has 0 N–H and O–H groups in total. The lowest BCUT2D eigenvalue weighted by Gasteiger charge is -2.37. The fourth-order valence-electron chi connectivity index (χ4n) is 1.84. The van der Waals surface area contributed by atoms with Gasteiger partial charge in [0.15, 0.2) is 0 Å². The van der Waals surface area contributed by atoms with Gasteiger partial charge in [0.25, 0.3) is 5.91 Å². The van der Waals surface area contributed by atoms with Crippen molar-refractivity contribution >= 4 is 10.2 Å². The molecule has 1 heterocycles. The largest absolute Gasteiger partial charge is 0.374 e. The highest BCUT2D eigenvalue weighted by atomic mass is 28.1. The summed E-state index contributed by atoms with van der Waals surface area (Å²) >= 11 is 0. The van der Waals surface area contributed by atoms with E-state index in [0.717, 1.165) is 16.3 Å². The van der Waals surface area contributed by atoms with Crippen LogP contribution in [0.1, 0.15) is 0 Å². The van der Waals surface area contributed by atoms with E-state index in [4.69, 9.17) is 14.2 Å². The molecule has 0 aromatic carbocycles. The molecule has 0 radical (unpaired) electrons. The normalized spacial score (nSPS) is 14.3. The number of aromatic nitrogens is 1. The number of methoxy groups -OCH3 is 3. The summed E-state index contributed by atoms with van der Waals surface area (Å²) in [5, 5.41) is 0. The van der Waals surface area contributed by atoms with Crippen LogP contribution in [-0.2, 0) is 20.1 Å². The second-order valence-corrected chi connectivity index (χ2v) is 4.08. The maximum atomic E-state index is 5.51. The van der Waals surface area contributed by atoms with E-state index < -0.39 is 5.91 Å². The van der Waals surface area contributed by atoms with Crippen LogP contribution >= 0.6 is 0 Å². The van der Waals surface area contributed by atoms with Gasteiger partial charge in [-0.15, -0.1) is 0 Å². The lowest BCUT2D eigenvalue weighted by Crippen LogP contribution is -2.48. The summed E-state index contributed by atoms with van der Waals surface area (Å²) in [5.74, 6) is -0.847. The minimum atomic E-state index is -0.847. The molecule has 0 saturated carbocycles. The molecule has 1 atom stereocenters. The van der Waals surface area contributed by atoms with Crippen LogP contribution in [0.15, 0.2) is 24.5 Å². The van der Waals surface area contributed by atoms with Crippen molar-refractivity contribution in [1.29, 1.82) is 0 Å².